The lowest BCUT2D eigenvalue weighted by molar-refractivity contribution is -0.384. The van der Waals surface area contributed by atoms with Gasteiger partial charge in [-0.1, -0.05) is 62.4 Å². The van der Waals surface area contributed by atoms with Crippen molar-refractivity contribution >= 4 is 33.2 Å². The third kappa shape index (κ3) is 9.03. The van der Waals surface area contributed by atoms with E-state index in [1.54, 1.807) is 24.3 Å². The smallest absolute Gasteiger partial charge is 0.271 e. The molecule has 2 amide bonds. The van der Waals surface area contributed by atoms with Crippen molar-refractivity contribution in [3.8, 4) is 5.75 Å². The first kappa shape index (κ1) is 32.1. The van der Waals surface area contributed by atoms with Crippen LogP contribution in [-0.4, -0.2) is 62.6 Å². The van der Waals surface area contributed by atoms with Crippen LogP contribution in [0.3, 0.4) is 0 Å². The Hall–Kier alpha value is -4.45. The van der Waals surface area contributed by atoms with Crippen molar-refractivity contribution in [2.45, 2.75) is 32.9 Å². The van der Waals surface area contributed by atoms with Crippen molar-refractivity contribution in [3.05, 3.63) is 100 Å². The summed E-state index contributed by atoms with van der Waals surface area (Å²) >= 11 is 0. The van der Waals surface area contributed by atoms with E-state index in [1.165, 1.54) is 30.2 Å². The number of nitro benzene ring substituents is 1. The van der Waals surface area contributed by atoms with Crippen LogP contribution in [0.4, 0.5) is 11.4 Å². The third-order valence-electron chi connectivity index (χ3n) is 6.45. The summed E-state index contributed by atoms with van der Waals surface area (Å²) < 4.78 is 31.9. The molecule has 12 heteroatoms. The molecule has 0 aliphatic rings. The van der Waals surface area contributed by atoms with E-state index in [0.29, 0.717) is 17.9 Å². The molecule has 11 nitrogen and oxygen atoms in total. The zero-order chi connectivity index (χ0) is 30.9. The Morgan fingerprint density at radius 1 is 0.976 bits per heavy atom. The van der Waals surface area contributed by atoms with E-state index in [4.69, 9.17) is 4.74 Å². The fourth-order valence-corrected chi connectivity index (χ4v) is 5.16. The summed E-state index contributed by atoms with van der Waals surface area (Å²) in [6, 6.07) is 20.3. The monoisotopic (exact) mass is 596 g/mol. The number of hydrogen-bond donors (Lipinski definition) is 1. The Labute approximate surface area is 246 Å². The Kier molecular flexibility index (Phi) is 11.0. The maximum Gasteiger partial charge on any atom is 0.271 e. The number of methoxy groups -OCH3 is 1. The zero-order valence-electron chi connectivity index (χ0n) is 24.1. The number of carbonyl (C=O) groups excluding carboxylic acids is 2. The molecule has 0 aliphatic carbocycles. The van der Waals surface area contributed by atoms with Crippen LogP contribution in [0, 0.1) is 16.0 Å². The largest absolute Gasteiger partial charge is 0.497 e. The number of anilines is 1. The summed E-state index contributed by atoms with van der Waals surface area (Å²) in [5.74, 6) is -0.331. The van der Waals surface area contributed by atoms with Gasteiger partial charge in [0, 0.05) is 31.6 Å². The highest BCUT2D eigenvalue weighted by Crippen LogP contribution is 2.25. The van der Waals surface area contributed by atoms with E-state index >= 15 is 0 Å². The molecule has 0 saturated carbocycles. The van der Waals surface area contributed by atoms with Gasteiger partial charge in [0.05, 0.1) is 24.0 Å². The summed E-state index contributed by atoms with van der Waals surface area (Å²) in [6.45, 7) is 3.60. The topological polar surface area (TPSA) is 139 Å². The van der Waals surface area contributed by atoms with Crippen LogP contribution in [0.25, 0.3) is 0 Å². The first-order valence-corrected chi connectivity index (χ1v) is 15.2. The fourth-order valence-electron chi connectivity index (χ4n) is 4.32. The lowest BCUT2D eigenvalue weighted by Crippen LogP contribution is -2.53. The Morgan fingerprint density at radius 2 is 1.64 bits per heavy atom. The molecule has 0 bridgehead atoms. The molecule has 3 aromatic carbocycles. The minimum absolute atomic E-state index is 0.0187. The second kappa shape index (κ2) is 14.4. The molecule has 0 unspecified atom stereocenters. The van der Waals surface area contributed by atoms with Crippen LogP contribution in [0.1, 0.15) is 25.0 Å². The van der Waals surface area contributed by atoms with Gasteiger partial charge in [0.25, 0.3) is 5.69 Å². The van der Waals surface area contributed by atoms with Crippen LogP contribution >= 0.6 is 0 Å². The van der Waals surface area contributed by atoms with Gasteiger partial charge in [0.15, 0.2) is 0 Å². The Morgan fingerprint density at radius 3 is 2.26 bits per heavy atom. The highest BCUT2D eigenvalue weighted by Gasteiger charge is 2.33. The quantitative estimate of drug-likeness (QED) is 0.221. The molecule has 0 aliphatic heterocycles. The number of rotatable bonds is 14. The molecular weight excluding hydrogens is 560 g/mol. The normalized spacial score (nSPS) is 11.9. The van der Waals surface area contributed by atoms with Gasteiger partial charge in [-0.3, -0.25) is 24.0 Å². The zero-order valence-corrected chi connectivity index (χ0v) is 24.9. The molecule has 3 aromatic rings. The number of hydrogen-bond acceptors (Lipinski definition) is 7. The van der Waals surface area contributed by atoms with Gasteiger partial charge in [-0.25, -0.2) is 8.42 Å². The molecule has 0 aromatic heterocycles. The van der Waals surface area contributed by atoms with Crippen molar-refractivity contribution in [2.24, 2.45) is 5.92 Å². The van der Waals surface area contributed by atoms with E-state index in [2.05, 4.69) is 5.32 Å². The molecule has 0 heterocycles. The second-order valence-electron chi connectivity index (χ2n) is 10.3. The van der Waals surface area contributed by atoms with Crippen molar-refractivity contribution in [1.82, 2.24) is 10.2 Å². The lowest BCUT2D eigenvalue weighted by Gasteiger charge is -2.33. The number of ether oxygens (including phenoxy) is 1. The van der Waals surface area contributed by atoms with Gasteiger partial charge in [-0.05, 0) is 35.2 Å². The molecular formula is C30H36N4O7S. The molecule has 1 N–H and O–H groups in total. The van der Waals surface area contributed by atoms with Crippen LogP contribution in [0.15, 0.2) is 78.9 Å². The molecule has 0 saturated heterocycles. The van der Waals surface area contributed by atoms with E-state index in [0.717, 1.165) is 22.2 Å². The maximum atomic E-state index is 14.1. The number of benzene rings is 3. The summed E-state index contributed by atoms with van der Waals surface area (Å²) in [7, 11) is -2.54. The molecule has 0 spiro atoms. The van der Waals surface area contributed by atoms with Gasteiger partial charge < -0.3 is 15.0 Å². The molecule has 0 fully saturated rings. The van der Waals surface area contributed by atoms with Crippen molar-refractivity contribution in [3.63, 3.8) is 0 Å². The number of sulfonamides is 1. The van der Waals surface area contributed by atoms with E-state index < -0.39 is 33.4 Å². The van der Waals surface area contributed by atoms with Crippen LogP contribution < -0.4 is 14.4 Å². The van der Waals surface area contributed by atoms with Gasteiger partial charge in [0.2, 0.25) is 21.8 Å². The summed E-state index contributed by atoms with van der Waals surface area (Å²) in [5, 5.41) is 14.3. The summed E-state index contributed by atoms with van der Waals surface area (Å²) in [4.78, 5) is 39.8. The first-order chi connectivity index (χ1) is 19.9. The lowest BCUT2D eigenvalue weighted by atomic mass is 10.0. The summed E-state index contributed by atoms with van der Waals surface area (Å²) in [5.41, 5.74) is 1.12. The van der Waals surface area contributed by atoms with Gasteiger partial charge in [0.1, 0.15) is 18.3 Å². The van der Waals surface area contributed by atoms with Gasteiger partial charge in [-0.2, -0.15) is 0 Å². The minimum atomic E-state index is -4.06. The number of amides is 2. The average Bonchev–Trinajstić information content (AvgIpc) is 2.96. The van der Waals surface area contributed by atoms with E-state index in [1.807, 2.05) is 44.2 Å². The van der Waals surface area contributed by atoms with Gasteiger partial charge in [-0.15, -0.1) is 0 Å². The molecule has 1 atom stereocenters. The number of non-ortho nitro benzene ring substituents is 1. The SMILES string of the molecule is COc1cccc(CN(C(=O)CN(c2cccc([N+](=O)[O-])c2)S(C)(=O)=O)[C@@H](Cc2ccccc2)C(=O)NCC(C)C)c1. The predicted molar refractivity (Wildman–Crippen MR) is 161 cm³/mol. The molecule has 224 valence electrons. The van der Waals surface area contributed by atoms with Crippen LogP contribution in [-0.2, 0) is 32.6 Å². The highest BCUT2D eigenvalue weighted by atomic mass is 32.2. The number of nitrogens with zero attached hydrogens (tertiary/aromatic N) is 3. The van der Waals surface area contributed by atoms with Crippen molar-refractivity contribution in [2.75, 3.05) is 30.8 Å². The van der Waals surface area contributed by atoms with Crippen molar-refractivity contribution < 1.29 is 27.7 Å². The van der Waals surface area contributed by atoms with Crippen molar-refractivity contribution in [1.29, 1.82) is 0 Å². The third-order valence-corrected chi connectivity index (χ3v) is 7.59. The molecule has 3 rings (SSSR count). The minimum Gasteiger partial charge on any atom is -0.497 e. The summed E-state index contributed by atoms with van der Waals surface area (Å²) in [6.07, 6.45) is 1.10. The maximum absolute atomic E-state index is 14.1. The highest BCUT2D eigenvalue weighted by molar-refractivity contribution is 7.92. The standard InChI is InChI=1S/C30H36N4O7S/c1-22(2)19-31-30(36)28(17-23-10-6-5-7-11-23)32(20-24-12-8-15-27(16-24)41-3)29(35)21-33(42(4,39)40)25-13-9-14-26(18-25)34(37)38/h5-16,18,22,28H,17,19-21H2,1-4H3,(H,31,36)/t28-/m0/s1. The Bertz CT molecular complexity index is 1500. The van der Waals surface area contributed by atoms with E-state index in [9.17, 15) is 28.1 Å². The molecule has 42 heavy (non-hydrogen) atoms. The fraction of sp³-hybridized carbons (Fsp3) is 0.333. The molecule has 0 radical (unpaired) electrons. The predicted octanol–water partition coefficient (Wildman–Crippen LogP) is 3.78. The average molecular weight is 597 g/mol. The van der Waals surface area contributed by atoms with Crippen LogP contribution in [0.5, 0.6) is 5.75 Å². The number of nitro groups is 1. The van der Waals surface area contributed by atoms with Gasteiger partial charge >= 0.3 is 0 Å². The Balaban J connectivity index is 2.08. The number of nitrogens with one attached hydrogen (secondary N) is 1. The van der Waals surface area contributed by atoms with Crippen LogP contribution in [0.2, 0.25) is 0 Å². The number of carbonyl (C=O) groups is 2. The van der Waals surface area contributed by atoms with E-state index in [-0.39, 0.29) is 36.2 Å². The second-order valence-corrected chi connectivity index (χ2v) is 12.2. The first-order valence-electron chi connectivity index (χ1n) is 13.3.